The van der Waals surface area contributed by atoms with Gasteiger partial charge in [0.1, 0.15) is 0 Å². The number of benzene rings is 4. The van der Waals surface area contributed by atoms with Crippen LogP contribution in [0.3, 0.4) is 0 Å². The van der Waals surface area contributed by atoms with E-state index in [0.717, 1.165) is 6.42 Å². The van der Waals surface area contributed by atoms with E-state index in [1.807, 2.05) is 0 Å². The summed E-state index contributed by atoms with van der Waals surface area (Å²) >= 11 is 0. The maximum atomic E-state index is 3.38. The van der Waals surface area contributed by atoms with E-state index in [9.17, 15) is 0 Å². The Morgan fingerprint density at radius 1 is 0.520 bits per heavy atom. The second-order valence-electron chi connectivity index (χ2n) is 15.5. The second-order valence-corrected chi connectivity index (χ2v) is 15.5. The minimum atomic E-state index is 0. The third-order valence-electron chi connectivity index (χ3n) is 9.00. The Kier molecular flexibility index (Phi) is 17.5. The van der Waals surface area contributed by atoms with Crippen LogP contribution in [0.4, 0.5) is 0 Å². The van der Waals surface area contributed by atoms with E-state index in [-0.39, 0.29) is 57.4 Å². The molecule has 0 aromatic heterocycles. The van der Waals surface area contributed by atoms with Crippen molar-refractivity contribution < 1.29 is 46.5 Å². The molecule has 0 saturated heterocycles. The molecule has 0 heterocycles. The van der Waals surface area contributed by atoms with E-state index in [0.29, 0.717) is 11.8 Å². The van der Waals surface area contributed by atoms with Gasteiger partial charge in [-0.15, -0.1) is 69.1 Å². The van der Waals surface area contributed by atoms with Gasteiger partial charge in [0.2, 0.25) is 0 Å². The van der Waals surface area contributed by atoms with E-state index < -0.39 is 0 Å². The topological polar surface area (TPSA) is 0 Å². The Bertz CT molecular complexity index is 1730. The minimum absolute atomic E-state index is 0. The first-order valence-electron chi connectivity index (χ1n) is 17.3. The summed E-state index contributed by atoms with van der Waals surface area (Å²) in [6.07, 6.45) is 0.750. The van der Waals surface area contributed by atoms with Crippen LogP contribution in [0.25, 0.3) is 43.8 Å². The van der Waals surface area contributed by atoms with E-state index in [1.54, 1.807) is 0 Å². The van der Waals surface area contributed by atoms with Gasteiger partial charge in [-0.25, -0.2) is 0 Å². The number of hydrogen-bond donors (Lipinski definition) is 0. The standard InChI is InChI=1S/2C22H25.C3H6.2ClH.Ti/c2*1-15(2)18-13-17-7-6-8-20(21(17)14-18)16-9-11-19(12-10-16)22(3,4)5;1-3-2;;;/h2*6-15H,1-5H3;1-3H2;2*1H;/q2*-1;-2;;;+2/p-2. The smallest absolute Gasteiger partial charge is 1.00 e. The third kappa shape index (κ3) is 11.2. The van der Waals surface area contributed by atoms with Crippen molar-refractivity contribution in [3.05, 3.63) is 145 Å². The molecule has 6 aromatic rings. The van der Waals surface area contributed by atoms with Crippen LogP contribution in [-0.4, -0.2) is 0 Å². The van der Waals surface area contributed by atoms with Crippen LogP contribution in [0.5, 0.6) is 0 Å². The van der Waals surface area contributed by atoms with Gasteiger partial charge in [0, 0.05) is 0 Å². The molecule has 0 aliphatic heterocycles. The van der Waals surface area contributed by atoms with Crippen LogP contribution < -0.4 is 24.8 Å². The van der Waals surface area contributed by atoms with Crippen molar-refractivity contribution in [1.82, 2.24) is 0 Å². The predicted molar refractivity (Wildman–Crippen MR) is 211 cm³/mol. The van der Waals surface area contributed by atoms with Gasteiger partial charge < -0.3 is 45.1 Å². The van der Waals surface area contributed by atoms with E-state index in [1.165, 1.54) is 66.1 Å². The summed E-state index contributed by atoms with van der Waals surface area (Å²) in [5, 5.41) is 5.44. The van der Waals surface area contributed by atoms with Crippen LogP contribution in [0.2, 0.25) is 0 Å². The Balaban J connectivity index is 0.000000439. The molecule has 0 radical (unpaired) electrons. The van der Waals surface area contributed by atoms with E-state index in [2.05, 4.69) is 192 Å². The zero-order valence-corrected chi connectivity index (χ0v) is 35.0. The molecular formula is C47H56Cl2Ti-4. The van der Waals surface area contributed by atoms with Gasteiger partial charge >= 0.3 is 21.7 Å². The van der Waals surface area contributed by atoms with Gasteiger partial charge in [0.05, 0.1) is 0 Å². The van der Waals surface area contributed by atoms with E-state index >= 15 is 0 Å². The summed E-state index contributed by atoms with van der Waals surface area (Å²) in [7, 11) is 0. The molecule has 0 amide bonds. The Morgan fingerprint density at radius 3 is 1.08 bits per heavy atom. The van der Waals surface area contributed by atoms with Gasteiger partial charge in [-0.05, 0) is 44.9 Å². The number of halogens is 2. The zero-order valence-electron chi connectivity index (χ0n) is 31.9. The molecular weight excluding hydrogens is 683 g/mol. The summed E-state index contributed by atoms with van der Waals surface area (Å²) < 4.78 is 0. The molecule has 0 saturated carbocycles. The molecule has 0 aliphatic carbocycles. The first-order chi connectivity index (χ1) is 22.1. The molecule has 0 aliphatic rings. The fraction of sp³-hybridized carbons (Fsp3) is 0.319. The van der Waals surface area contributed by atoms with Crippen LogP contribution in [0, 0.1) is 13.8 Å². The van der Waals surface area contributed by atoms with Crippen molar-refractivity contribution in [2.24, 2.45) is 0 Å². The molecule has 6 aromatic carbocycles. The molecule has 0 spiro atoms. The van der Waals surface area contributed by atoms with Crippen LogP contribution >= 0.6 is 0 Å². The normalized spacial score (nSPS) is 11.2. The number of fused-ring (bicyclic) bond motifs is 2. The van der Waals surface area contributed by atoms with Gasteiger partial charge in [0.15, 0.2) is 0 Å². The van der Waals surface area contributed by atoms with E-state index in [4.69, 9.17) is 0 Å². The molecule has 0 fully saturated rings. The monoisotopic (exact) mass is 738 g/mol. The average molecular weight is 740 g/mol. The molecule has 0 nitrogen and oxygen atoms in total. The van der Waals surface area contributed by atoms with Crippen molar-refractivity contribution in [2.45, 2.75) is 98.3 Å². The molecule has 0 N–H and O–H groups in total. The maximum Gasteiger partial charge on any atom is 2.00 e. The first kappa shape index (κ1) is 45.4. The fourth-order valence-electron chi connectivity index (χ4n) is 5.99. The molecule has 3 heteroatoms. The van der Waals surface area contributed by atoms with Crippen LogP contribution in [0.15, 0.2) is 109 Å². The quantitative estimate of drug-likeness (QED) is 0.126. The summed E-state index contributed by atoms with van der Waals surface area (Å²) in [4.78, 5) is 0. The minimum Gasteiger partial charge on any atom is -1.00 e. The Hall–Kier alpha value is -2.61. The van der Waals surface area contributed by atoms with Crippen molar-refractivity contribution in [1.29, 1.82) is 0 Å². The second kappa shape index (κ2) is 19.3. The average Bonchev–Trinajstić information content (AvgIpc) is 3.66. The fourth-order valence-corrected chi connectivity index (χ4v) is 5.99. The molecule has 50 heavy (non-hydrogen) atoms. The molecule has 6 rings (SSSR count). The summed E-state index contributed by atoms with van der Waals surface area (Å²) in [6.45, 7) is 29.3. The van der Waals surface area contributed by atoms with Gasteiger partial charge in [-0.2, -0.15) is 12.1 Å². The molecule has 0 unspecified atom stereocenters. The van der Waals surface area contributed by atoms with Gasteiger partial charge in [-0.1, -0.05) is 141 Å². The summed E-state index contributed by atoms with van der Waals surface area (Å²) in [6, 6.07) is 40.7. The maximum absolute atomic E-state index is 3.38. The van der Waals surface area contributed by atoms with Crippen LogP contribution in [-0.2, 0) is 32.5 Å². The Labute approximate surface area is 331 Å². The number of rotatable bonds is 4. The van der Waals surface area contributed by atoms with Crippen LogP contribution in [0.1, 0.15) is 110 Å². The van der Waals surface area contributed by atoms with Gasteiger partial charge in [0.25, 0.3) is 0 Å². The van der Waals surface area contributed by atoms with Crippen molar-refractivity contribution in [3.63, 3.8) is 0 Å². The molecule has 266 valence electrons. The summed E-state index contributed by atoms with van der Waals surface area (Å²) in [5.74, 6) is 1.15. The largest absolute Gasteiger partial charge is 2.00 e. The summed E-state index contributed by atoms with van der Waals surface area (Å²) in [5.41, 5.74) is 11.3. The van der Waals surface area contributed by atoms with Gasteiger partial charge in [-0.3, -0.25) is 0 Å². The SMILES string of the molecule is CC(C)c1cc2c(-c3ccc(C(C)(C)C)cc3)cccc2[cH-]1.CC(C)c1cc2c(-c3ccc(C(C)(C)C)cc3)cccc2[cH-]1.[CH2-]C[CH2-].[Cl-].[Cl-].[Ti+2]. The Morgan fingerprint density at radius 2 is 0.820 bits per heavy atom. The van der Waals surface area contributed by atoms with Crippen molar-refractivity contribution in [2.75, 3.05) is 0 Å². The zero-order chi connectivity index (χ0) is 34.5. The number of hydrogen-bond acceptors (Lipinski definition) is 0. The third-order valence-corrected chi connectivity index (χ3v) is 9.00. The molecule has 0 bridgehead atoms. The van der Waals surface area contributed by atoms with Crippen molar-refractivity contribution in [3.8, 4) is 22.3 Å². The first-order valence-corrected chi connectivity index (χ1v) is 17.3. The predicted octanol–water partition coefficient (Wildman–Crippen LogP) is 8.34. The molecule has 0 atom stereocenters. The van der Waals surface area contributed by atoms with Crippen molar-refractivity contribution >= 4 is 21.5 Å².